The fraction of sp³-hybridized carbons (Fsp3) is 0.455. The van der Waals surface area contributed by atoms with E-state index < -0.39 is 0 Å². The number of nitrogens with zero attached hydrogens (tertiary/aromatic N) is 1. The second kappa shape index (κ2) is 3.22. The Bertz CT molecular complexity index is 413. The maximum Gasteiger partial charge on any atom is 0.269 e. The molecule has 0 aromatic heterocycles. The maximum absolute atomic E-state index is 10.6. The van der Waals surface area contributed by atoms with E-state index >= 15 is 0 Å². The van der Waals surface area contributed by atoms with Gasteiger partial charge in [-0.25, -0.2) is 0 Å². The number of anilines is 1. The Morgan fingerprint density at radius 3 is 2.87 bits per heavy atom. The Morgan fingerprint density at radius 2 is 2.20 bits per heavy atom. The van der Waals surface area contributed by atoms with Gasteiger partial charge in [-0.3, -0.25) is 10.1 Å². The Morgan fingerprint density at radius 1 is 1.47 bits per heavy atom. The second-order valence-corrected chi connectivity index (χ2v) is 4.61. The molecule has 0 atom stereocenters. The molecule has 2 rings (SSSR count). The van der Waals surface area contributed by atoms with Crippen molar-refractivity contribution in [3.63, 3.8) is 0 Å². The summed E-state index contributed by atoms with van der Waals surface area (Å²) in [5.41, 5.74) is 2.33. The zero-order valence-corrected chi connectivity index (χ0v) is 8.91. The molecule has 1 aromatic rings. The number of nitro groups is 1. The van der Waals surface area contributed by atoms with Crippen LogP contribution in [0.2, 0.25) is 0 Å². The number of nitro benzene ring substituents is 1. The monoisotopic (exact) mass is 206 g/mol. The van der Waals surface area contributed by atoms with Crippen LogP contribution in [0.1, 0.15) is 25.8 Å². The minimum absolute atomic E-state index is 0.0864. The number of rotatable bonds is 1. The van der Waals surface area contributed by atoms with E-state index in [9.17, 15) is 10.1 Å². The third-order valence-corrected chi connectivity index (χ3v) is 2.79. The van der Waals surface area contributed by atoms with Gasteiger partial charge in [0.15, 0.2) is 0 Å². The highest BCUT2D eigenvalue weighted by Gasteiger charge is 2.25. The van der Waals surface area contributed by atoms with E-state index in [1.165, 1.54) is 0 Å². The summed E-state index contributed by atoms with van der Waals surface area (Å²) in [5, 5.41) is 14.0. The molecular formula is C11H14N2O2. The molecule has 4 heteroatoms. The van der Waals surface area contributed by atoms with Crippen molar-refractivity contribution in [2.45, 2.75) is 32.2 Å². The lowest BCUT2D eigenvalue weighted by Crippen LogP contribution is -2.35. The number of hydrogen-bond donors (Lipinski definition) is 1. The van der Waals surface area contributed by atoms with E-state index in [2.05, 4.69) is 19.2 Å². The second-order valence-electron chi connectivity index (χ2n) is 4.61. The van der Waals surface area contributed by atoms with E-state index in [-0.39, 0.29) is 16.1 Å². The van der Waals surface area contributed by atoms with Gasteiger partial charge in [0, 0.05) is 23.4 Å². The van der Waals surface area contributed by atoms with Crippen molar-refractivity contribution in [2.75, 3.05) is 5.32 Å². The third kappa shape index (κ3) is 1.93. The molecule has 1 heterocycles. The molecule has 0 unspecified atom stereocenters. The summed E-state index contributed by atoms with van der Waals surface area (Å²) < 4.78 is 0. The standard InChI is InChI=1S/C11H14N2O2/c1-11(2)6-5-8-7-9(13(14)15)3-4-10(8)12-11/h3-4,7,12H,5-6H2,1-2H3. The van der Waals surface area contributed by atoms with E-state index in [4.69, 9.17) is 0 Å². The van der Waals surface area contributed by atoms with Crippen LogP contribution in [0.15, 0.2) is 18.2 Å². The Hall–Kier alpha value is -1.58. The predicted octanol–water partition coefficient (Wildman–Crippen LogP) is 2.73. The van der Waals surface area contributed by atoms with Crippen molar-refractivity contribution in [2.24, 2.45) is 0 Å². The topological polar surface area (TPSA) is 55.2 Å². The van der Waals surface area contributed by atoms with Crippen LogP contribution >= 0.6 is 0 Å². The molecule has 1 N–H and O–H groups in total. The largest absolute Gasteiger partial charge is 0.380 e. The van der Waals surface area contributed by atoms with E-state index in [0.29, 0.717) is 0 Å². The maximum atomic E-state index is 10.6. The SMILES string of the molecule is CC1(C)CCc2cc([N+](=O)[O-])ccc2N1. The first-order chi connectivity index (χ1) is 6.98. The van der Waals surface area contributed by atoms with Crippen LogP contribution in [0, 0.1) is 10.1 Å². The summed E-state index contributed by atoms with van der Waals surface area (Å²) >= 11 is 0. The molecule has 4 nitrogen and oxygen atoms in total. The molecule has 1 aliphatic heterocycles. The summed E-state index contributed by atoms with van der Waals surface area (Å²) in [5.74, 6) is 0. The fourth-order valence-electron chi connectivity index (χ4n) is 1.90. The van der Waals surface area contributed by atoms with Crippen molar-refractivity contribution >= 4 is 11.4 Å². The van der Waals surface area contributed by atoms with Crippen molar-refractivity contribution in [3.05, 3.63) is 33.9 Å². The molecule has 0 radical (unpaired) electrons. The molecule has 0 saturated heterocycles. The predicted molar refractivity (Wildman–Crippen MR) is 59.1 cm³/mol. The quantitative estimate of drug-likeness (QED) is 0.567. The van der Waals surface area contributed by atoms with Crippen LogP contribution in [0.3, 0.4) is 0 Å². The summed E-state index contributed by atoms with van der Waals surface area (Å²) in [4.78, 5) is 10.3. The number of hydrogen-bond acceptors (Lipinski definition) is 3. The van der Waals surface area contributed by atoms with Crippen molar-refractivity contribution < 1.29 is 4.92 Å². The summed E-state index contributed by atoms with van der Waals surface area (Å²) in [6, 6.07) is 5.01. The smallest absolute Gasteiger partial charge is 0.269 e. The molecule has 0 fully saturated rings. The lowest BCUT2D eigenvalue weighted by Gasteiger charge is -2.33. The average Bonchev–Trinajstić information content (AvgIpc) is 2.15. The zero-order valence-electron chi connectivity index (χ0n) is 8.91. The lowest BCUT2D eigenvalue weighted by atomic mass is 9.89. The van der Waals surface area contributed by atoms with Gasteiger partial charge in [-0.1, -0.05) is 0 Å². The molecular weight excluding hydrogens is 192 g/mol. The molecule has 1 aliphatic rings. The molecule has 0 amide bonds. The molecule has 80 valence electrons. The van der Waals surface area contributed by atoms with Crippen LogP contribution in [-0.4, -0.2) is 10.5 Å². The first-order valence-electron chi connectivity index (χ1n) is 5.03. The fourth-order valence-corrected chi connectivity index (χ4v) is 1.90. The van der Waals surface area contributed by atoms with Gasteiger partial charge in [0.2, 0.25) is 0 Å². The van der Waals surface area contributed by atoms with E-state index in [1.807, 2.05) is 0 Å². The van der Waals surface area contributed by atoms with E-state index in [1.54, 1.807) is 18.2 Å². The lowest BCUT2D eigenvalue weighted by molar-refractivity contribution is -0.384. The van der Waals surface area contributed by atoms with Gasteiger partial charge in [0.25, 0.3) is 5.69 Å². The minimum Gasteiger partial charge on any atom is -0.380 e. The Kier molecular flexibility index (Phi) is 2.14. The van der Waals surface area contributed by atoms with Gasteiger partial charge in [0.1, 0.15) is 0 Å². The number of fused-ring (bicyclic) bond motifs is 1. The number of benzene rings is 1. The van der Waals surface area contributed by atoms with Crippen molar-refractivity contribution in [1.29, 1.82) is 0 Å². The molecule has 0 bridgehead atoms. The summed E-state index contributed by atoms with van der Waals surface area (Å²) in [7, 11) is 0. The third-order valence-electron chi connectivity index (χ3n) is 2.79. The first-order valence-corrected chi connectivity index (χ1v) is 5.03. The molecule has 0 spiro atoms. The first kappa shape index (κ1) is 9.96. The van der Waals surface area contributed by atoms with Crippen LogP contribution in [-0.2, 0) is 6.42 Å². The van der Waals surface area contributed by atoms with Crippen LogP contribution in [0.25, 0.3) is 0 Å². The highest BCUT2D eigenvalue weighted by molar-refractivity contribution is 5.59. The molecule has 15 heavy (non-hydrogen) atoms. The summed E-state index contributed by atoms with van der Waals surface area (Å²) in [6.07, 6.45) is 1.90. The van der Waals surface area contributed by atoms with Gasteiger partial charge in [0.05, 0.1) is 4.92 Å². The number of non-ortho nitro benzene ring substituents is 1. The molecule has 1 aromatic carbocycles. The average molecular weight is 206 g/mol. The molecule has 0 saturated carbocycles. The van der Waals surface area contributed by atoms with Gasteiger partial charge in [-0.05, 0) is 38.3 Å². The molecule has 0 aliphatic carbocycles. The van der Waals surface area contributed by atoms with Gasteiger partial charge >= 0.3 is 0 Å². The van der Waals surface area contributed by atoms with Gasteiger partial charge in [-0.15, -0.1) is 0 Å². The van der Waals surface area contributed by atoms with Crippen LogP contribution in [0.4, 0.5) is 11.4 Å². The van der Waals surface area contributed by atoms with Crippen LogP contribution in [0.5, 0.6) is 0 Å². The van der Waals surface area contributed by atoms with Crippen LogP contribution < -0.4 is 5.32 Å². The number of nitrogens with one attached hydrogen (secondary N) is 1. The Labute approximate surface area is 88.5 Å². The number of aryl methyl sites for hydroxylation is 1. The van der Waals surface area contributed by atoms with Gasteiger partial charge < -0.3 is 5.32 Å². The normalized spacial score (nSPS) is 17.7. The summed E-state index contributed by atoms with van der Waals surface area (Å²) in [6.45, 7) is 4.27. The highest BCUT2D eigenvalue weighted by atomic mass is 16.6. The minimum atomic E-state index is -0.347. The van der Waals surface area contributed by atoms with Gasteiger partial charge in [-0.2, -0.15) is 0 Å². The van der Waals surface area contributed by atoms with Crippen molar-refractivity contribution in [1.82, 2.24) is 0 Å². The zero-order chi connectivity index (χ0) is 11.1. The Balaban J connectivity index is 2.36. The highest BCUT2D eigenvalue weighted by Crippen LogP contribution is 2.32. The van der Waals surface area contributed by atoms with Crippen molar-refractivity contribution in [3.8, 4) is 0 Å². The van der Waals surface area contributed by atoms with E-state index in [0.717, 1.165) is 24.1 Å².